The smallest absolute Gasteiger partial charge is 0.322 e. The first-order chi connectivity index (χ1) is 20.6. The van der Waals surface area contributed by atoms with Crippen LogP contribution in [0.25, 0.3) is 0 Å². The molecule has 10 nitrogen and oxygen atoms in total. The number of carboxylic acids is 1. The number of hydrogen-bond acceptors (Lipinski definition) is 6. The van der Waals surface area contributed by atoms with Crippen LogP contribution in [0.3, 0.4) is 0 Å². The highest BCUT2D eigenvalue weighted by molar-refractivity contribution is 7.89. The van der Waals surface area contributed by atoms with Crippen LogP contribution in [0, 0.1) is 23.2 Å². The van der Waals surface area contributed by atoms with E-state index in [2.05, 4.69) is 22.9 Å². The Bertz CT molecular complexity index is 1120. The molecule has 0 bridgehead atoms. The molecule has 44 heavy (non-hydrogen) atoms. The van der Waals surface area contributed by atoms with Crippen molar-refractivity contribution in [2.75, 3.05) is 13.1 Å². The third-order valence-electron chi connectivity index (χ3n) is 9.56. The molecule has 0 aromatic rings. The highest BCUT2D eigenvalue weighted by Gasteiger charge is 2.41. The van der Waals surface area contributed by atoms with E-state index in [-0.39, 0.29) is 30.7 Å². The summed E-state index contributed by atoms with van der Waals surface area (Å²) in [5.74, 6) is -0.710. The number of carbonyl (C=O) groups excluding carboxylic acids is 2. The highest BCUT2D eigenvalue weighted by Crippen LogP contribution is 2.36. The van der Waals surface area contributed by atoms with Gasteiger partial charge in [0.2, 0.25) is 21.8 Å². The van der Waals surface area contributed by atoms with Gasteiger partial charge in [-0.15, -0.1) is 0 Å². The summed E-state index contributed by atoms with van der Waals surface area (Å²) in [6.45, 7) is 11.9. The summed E-state index contributed by atoms with van der Waals surface area (Å²) in [7, 11) is -3.77. The molecule has 4 N–H and O–H groups in total. The summed E-state index contributed by atoms with van der Waals surface area (Å²) in [5, 5.41) is 19.0. The molecule has 1 aliphatic heterocycles. The number of sulfonamides is 1. The van der Waals surface area contributed by atoms with Crippen molar-refractivity contribution < 1.29 is 27.9 Å². The Morgan fingerprint density at radius 3 is 2.32 bits per heavy atom. The van der Waals surface area contributed by atoms with Gasteiger partial charge in [0.1, 0.15) is 12.1 Å². The fourth-order valence-corrected chi connectivity index (χ4v) is 9.11. The normalized spacial score (nSPS) is 25.5. The average Bonchev–Trinajstić information content (AvgIpc) is 3.35. The van der Waals surface area contributed by atoms with Gasteiger partial charge in [-0.2, -0.15) is 4.31 Å². The Kier molecular flexibility index (Phi) is 13.1. The van der Waals surface area contributed by atoms with Crippen LogP contribution in [0.2, 0.25) is 0 Å². The van der Waals surface area contributed by atoms with Crippen molar-refractivity contribution in [3.8, 4) is 0 Å². The number of hydrogen-bond donors (Lipinski definition) is 4. The van der Waals surface area contributed by atoms with E-state index in [1.165, 1.54) is 22.7 Å². The minimum Gasteiger partial charge on any atom is -0.480 e. The predicted molar refractivity (Wildman–Crippen MR) is 173 cm³/mol. The summed E-state index contributed by atoms with van der Waals surface area (Å²) in [6, 6.07) is -1.43. The number of carbonyl (C=O) groups is 3. The first-order valence-corrected chi connectivity index (χ1v) is 18.4. The Balaban J connectivity index is 1.60. The lowest BCUT2D eigenvalue weighted by Gasteiger charge is -2.35. The van der Waals surface area contributed by atoms with Crippen molar-refractivity contribution in [3.63, 3.8) is 0 Å². The van der Waals surface area contributed by atoms with Crippen LogP contribution < -0.4 is 16.0 Å². The van der Waals surface area contributed by atoms with Crippen molar-refractivity contribution in [1.29, 1.82) is 0 Å². The van der Waals surface area contributed by atoms with Crippen molar-refractivity contribution in [1.82, 2.24) is 20.3 Å². The largest absolute Gasteiger partial charge is 0.480 e. The van der Waals surface area contributed by atoms with Gasteiger partial charge in [0.25, 0.3) is 0 Å². The zero-order chi connectivity index (χ0) is 32.7. The summed E-state index contributed by atoms with van der Waals surface area (Å²) in [4.78, 5) is 38.6. The third kappa shape index (κ3) is 9.93. The minimum absolute atomic E-state index is 0.0114. The average molecular weight is 639 g/mol. The molecule has 1 heterocycles. The number of fused-ring (bicyclic) bond motifs is 1. The molecule has 2 amide bonds. The van der Waals surface area contributed by atoms with Crippen LogP contribution in [0.1, 0.15) is 119 Å². The minimum atomic E-state index is -3.77. The van der Waals surface area contributed by atoms with Crippen LogP contribution in [0.15, 0.2) is 11.8 Å². The number of nitrogens with zero attached hydrogens (tertiary/aromatic N) is 1. The number of rotatable bonds is 15. The van der Waals surface area contributed by atoms with Crippen molar-refractivity contribution in [2.45, 2.75) is 142 Å². The van der Waals surface area contributed by atoms with Crippen molar-refractivity contribution in [2.24, 2.45) is 23.2 Å². The molecule has 0 spiro atoms. The van der Waals surface area contributed by atoms with E-state index in [0.29, 0.717) is 56.5 Å². The maximum Gasteiger partial charge on any atom is 0.322 e. The molecule has 3 aliphatic rings. The predicted octanol–water partition coefficient (Wildman–Crippen LogP) is 4.56. The van der Waals surface area contributed by atoms with Gasteiger partial charge in [-0.05, 0) is 87.8 Å². The molecular weight excluding hydrogens is 580 g/mol. The SMILES string of the molecule is CC(C)CN([C@@H](CCCCNC(=O)[C@H](CC1=CNC2CCCCC12)NC(=O)C(C)(C)C)C(=O)O)S(=O)(=O)C1CCC(C)CC1. The van der Waals surface area contributed by atoms with E-state index in [9.17, 15) is 27.9 Å². The maximum absolute atomic E-state index is 13.7. The van der Waals surface area contributed by atoms with Crippen LogP contribution in [-0.2, 0) is 24.4 Å². The zero-order valence-corrected chi connectivity index (χ0v) is 28.7. The summed E-state index contributed by atoms with van der Waals surface area (Å²) in [6.07, 6.45) is 11.0. The molecule has 3 rings (SSSR count). The van der Waals surface area contributed by atoms with Gasteiger partial charge in [0.05, 0.1) is 5.25 Å². The second kappa shape index (κ2) is 15.9. The molecule has 2 fully saturated rings. The molecule has 2 saturated carbocycles. The lowest BCUT2D eigenvalue weighted by molar-refractivity contribution is -0.142. The Labute approximate surface area is 265 Å². The van der Waals surface area contributed by atoms with Crippen LogP contribution in [0.4, 0.5) is 0 Å². The molecule has 252 valence electrons. The van der Waals surface area contributed by atoms with Gasteiger partial charge >= 0.3 is 5.97 Å². The first-order valence-electron chi connectivity index (χ1n) is 16.9. The van der Waals surface area contributed by atoms with Crippen LogP contribution >= 0.6 is 0 Å². The molecular formula is C33H58N4O6S. The lowest BCUT2D eigenvalue weighted by Crippen LogP contribution is -2.51. The Morgan fingerprint density at radius 2 is 1.70 bits per heavy atom. The topological polar surface area (TPSA) is 145 Å². The lowest BCUT2D eigenvalue weighted by atomic mass is 9.80. The first kappa shape index (κ1) is 36.3. The molecule has 4 atom stereocenters. The molecule has 0 radical (unpaired) electrons. The molecule has 2 unspecified atom stereocenters. The molecule has 2 aliphatic carbocycles. The molecule has 0 aromatic heterocycles. The van der Waals surface area contributed by atoms with E-state index >= 15 is 0 Å². The van der Waals surface area contributed by atoms with E-state index < -0.39 is 38.7 Å². The number of carboxylic acid groups (broad SMARTS) is 1. The van der Waals surface area contributed by atoms with E-state index in [1.807, 2.05) is 40.8 Å². The van der Waals surface area contributed by atoms with Gasteiger partial charge in [0.15, 0.2) is 0 Å². The second-order valence-electron chi connectivity index (χ2n) is 14.9. The second-order valence-corrected chi connectivity index (χ2v) is 17.1. The number of amides is 2. The number of unbranched alkanes of at least 4 members (excludes halogenated alkanes) is 1. The zero-order valence-electron chi connectivity index (χ0n) is 27.9. The van der Waals surface area contributed by atoms with E-state index in [1.54, 1.807) is 0 Å². The Hall–Kier alpha value is -2.14. The fraction of sp³-hybridized carbons (Fsp3) is 0.848. The van der Waals surface area contributed by atoms with Gasteiger partial charge in [-0.1, -0.05) is 54.4 Å². The summed E-state index contributed by atoms with van der Waals surface area (Å²) < 4.78 is 28.6. The van der Waals surface area contributed by atoms with Gasteiger partial charge < -0.3 is 21.1 Å². The van der Waals surface area contributed by atoms with Crippen LogP contribution in [0.5, 0.6) is 0 Å². The summed E-state index contributed by atoms with van der Waals surface area (Å²) >= 11 is 0. The Morgan fingerprint density at radius 1 is 1.05 bits per heavy atom. The molecule has 0 saturated heterocycles. The monoisotopic (exact) mass is 638 g/mol. The van der Waals surface area contributed by atoms with E-state index in [0.717, 1.165) is 25.7 Å². The van der Waals surface area contributed by atoms with Crippen molar-refractivity contribution >= 4 is 27.8 Å². The molecule has 0 aromatic carbocycles. The molecule has 11 heteroatoms. The summed E-state index contributed by atoms with van der Waals surface area (Å²) in [5.41, 5.74) is 0.533. The standard InChI is InChI=1S/C33H58N4O6S/c1-22(2)21-37(44(42,43)25-16-14-23(3)15-17-25)29(31(39)40)13-9-10-18-34-30(38)28(36-32(41)33(4,5)6)19-24-20-35-27-12-8-7-11-26(24)27/h20,22-23,25-29,35H,7-19,21H2,1-6H3,(H,34,38)(H,36,41)(H,39,40)/t23?,25?,26?,27?,28-,29-/m0/s1. The third-order valence-corrected chi connectivity index (χ3v) is 11.9. The highest BCUT2D eigenvalue weighted by atomic mass is 32.2. The number of nitrogens with one attached hydrogen (secondary N) is 3. The van der Waals surface area contributed by atoms with Gasteiger partial charge in [0, 0.05) is 30.5 Å². The van der Waals surface area contributed by atoms with Gasteiger partial charge in [-0.25, -0.2) is 8.42 Å². The van der Waals surface area contributed by atoms with Gasteiger partial charge in [-0.3, -0.25) is 14.4 Å². The van der Waals surface area contributed by atoms with E-state index in [4.69, 9.17) is 0 Å². The number of aliphatic carboxylic acids is 1. The fourth-order valence-electron chi connectivity index (χ4n) is 6.80. The maximum atomic E-state index is 13.7. The van der Waals surface area contributed by atoms with Crippen molar-refractivity contribution in [3.05, 3.63) is 11.8 Å². The van der Waals surface area contributed by atoms with Crippen LogP contribution in [-0.4, -0.2) is 72.1 Å². The quantitative estimate of drug-likeness (QED) is 0.193.